The van der Waals surface area contributed by atoms with Gasteiger partial charge in [-0.05, 0) is 55.7 Å². The van der Waals surface area contributed by atoms with Gasteiger partial charge in [0.2, 0.25) is 0 Å². The van der Waals surface area contributed by atoms with E-state index in [1.807, 2.05) is 25.1 Å². The number of pyridine rings is 1. The summed E-state index contributed by atoms with van der Waals surface area (Å²) in [4.78, 5) is 4.57. The van der Waals surface area contributed by atoms with Crippen molar-refractivity contribution in [3.63, 3.8) is 0 Å². The highest BCUT2D eigenvalue weighted by Crippen LogP contribution is 2.21. The van der Waals surface area contributed by atoms with Crippen molar-refractivity contribution in [1.29, 1.82) is 0 Å². The summed E-state index contributed by atoms with van der Waals surface area (Å²) in [6.07, 6.45) is 1.52. The van der Waals surface area contributed by atoms with E-state index in [1.54, 1.807) is 31.2 Å². The molecule has 27 heavy (non-hydrogen) atoms. The van der Waals surface area contributed by atoms with Crippen LogP contribution in [0, 0.1) is 20.8 Å². The van der Waals surface area contributed by atoms with Crippen molar-refractivity contribution in [3.8, 4) is 0 Å². The average Bonchev–Trinajstić information content (AvgIpc) is 2.61. The molecule has 0 aliphatic heterocycles. The van der Waals surface area contributed by atoms with E-state index in [-0.39, 0.29) is 4.90 Å². The summed E-state index contributed by atoms with van der Waals surface area (Å²) in [5.74, 6) is 0.688. The molecule has 0 aliphatic rings. The first kappa shape index (κ1) is 18.9. The first-order valence-corrected chi connectivity index (χ1v) is 10.2. The molecule has 5 nitrogen and oxygen atoms in total. The molecule has 6 heteroatoms. The van der Waals surface area contributed by atoms with E-state index in [9.17, 15) is 8.42 Å². The van der Waals surface area contributed by atoms with Gasteiger partial charge >= 0.3 is 0 Å². The molecule has 0 unspecified atom stereocenters. The molecular weight excluding hydrogens is 358 g/mol. The second-order valence-corrected chi connectivity index (χ2v) is 8.24. The van der Waals surface area contributed by atoms with Crippen LogP contribution < -0.4 is 10.0 Å². The maximum absolute atomic E-state index is 12.6. The monoisotopic (exact) mass is 381 g/mol. The molecule has 0 spiro atoms. The molecule has 0 saturated carbocycles. The standard InChI is InChI=1S/C21H23N3O2S/c1-15-8-10-20(17(3)12-15)27(25,26)24-19-9-11-21(23-14-19)22-13-18-7-5-4-6-16(18)2/h4-12,14,24H,13H2,1-3H3,(H,22,23). The largest absolute Gasteiger partial charge is 0.366 e. The Hall–Kier alpha value is -2.86. The van der Waals surface area contributed by atoms with Crippen molar-refractivity contribution in [2.75, 3.05) is 10.0 Å². The molecule has 3 aromatic rings. The third-order valence-corrected chi connectivity index (χ3v) is 5.90. The van der Waals surface area contributed by atoms with Crippen LogP contribution in [0.2, 0.25) is 0 Å². The molecule has 0 saturated heterocycles. The zero-order chi connectivity index (χ0) is 19.4. The Labute approximate surface area is 160 Å². The van der Waals surface area contributed by atoms with E-state index >= 15 is 0 Å². The SMILES string of the molecule is Cc1ccc(S(=O)(=O)Nc2ccc(NCc3ccccc3C)nc2)c(C)c1. The van der Waals surface area contributed by atoms with Gasteiger partial charge in [-0.15, -0.1) is 0 Å². The topological polar surface area (TPSA) is 71.1 Å². The molecule has 2 N–H and O–H groups in total. The minimum Gasteiger partial charge on any atom is -0.366 e. The van der Waals surface area contributed by atoms with E-state index in [2.05, 4.69) is 34.1 Å². The quantitative estimate of drug-likeness (QED) is 0.663. The van der Waals surface area contributed by atoms with Crippen molar-refractivity contribution in [2.45, 2.75) is 32.2 Å². The summed E-state index contributed by atoms with van der Waals surface area (Å²) in [5.41, 5.74) is 4.57. The maximum Gasteiger partial charge on any atom is 0.262 e. The maximum atomic E-state index is 12.6. The number of nitrogens with zero attached hydrogens (tertiary/aromatic N) is 1. The summed E-state index contributed by atoms with van der Waals surface area (Å²) < 4.78 is 27.8. The Morgan fingerprint density at radius 1 is 0.926 bits per heavy atom. The molecule has 0 bridgehead atoms. The summed E-state index contributed by atoms with van der Waals surface area (Å²) >= 11 is 0. The number of anilines is 2. The van der Waals surface area contributed by atoms with Crippen molar-refractivity contribution in [2.24, 2.45) is 0 Å². The van der Waals surface area contributed by atoms with Gasteiger partial charge in [0.25, 0.3) is 10.0 Å². The van der Waals surface area contributed by atoms with Crippen LogP contribution in [0.15, 0.2) is 65.7 Å². The number of hydrogen-bond donors (Lipinski definition) is 2. The lowest BCUT2D eigenvalue weighted by atomic mass is 10.1. The lowest BCUT2D eigenvalue weighted by Gasteiger charge is -2.12. The number of benzene rings is 2. The number of hydrogen-bond acceptors (Lipinski definition) is 4. The number of rotatable bonds is 6. The van der Waals surface area contributed by atoms with Gasteiger partial charge in [0, 0.05) is 6.54 Å². The second kappa shape index (κ2) is 7.80. The van der Waals surface area contributed by atoms with Gasteiger partial charge in [-0.1, -0.05) is 42.0 Å². The number of aromatic nitrogens is 1. The zero-order valence-corrected chi connectivity index (χ0v) is 16.5. The molecular formula is C21H23N3O2S. The van der Waals surface area contributed by atoms with Gasteiger partial charge in [0.15, 0.2) is 0 Å². The van der Waals surface area contributed by atoms with Crippen LogP contribution in [0.3, 0.4) is 0 Å². The summed E-state index contributed by atoms with van der Waals surface area (Å²) in [5, 5.41) is 3.25. The molecule has 1 heterocycles. The van der Waals surface area contributed by atoms with Gasteiger partial charge in [0.1, 0.15) is 5.82 Å². The fourth-order valence-corrected chi connectivity index (χ4v) is 4.13. The number of nitrogens with one attached hydrogen (secondary N) is 2. The molecule has 0 atom stereocenters. The van der Waals surface area contributed by atoms with Gasteiger partial charge in [-0.3, -0.25) is 4.72 Å². The third kappa shape index (κ3) is 4.65. The molecule has 0 fully saturated rings. The van der Waals surface area contributed by atoms with Crippen molar-refractivity contribution in [3.05, 3.63) is 83.0 Å². The van der Waals surface area contributed by atoms with Crippen LogP contribution in [0.25, 0.3) is 0 Å². The molecule has 1 aromatic heterocycles. The fraction of sp³-hybridized carbons (Fsp3) is 0.190. The Morgan fingerprint density at radius 3 is 2.37 bits per heavy atom. The van der Waals surface area contributed by atoms with E-state index in [0.717, 1.165) is 5.56 Å². The van der Waals surface area contributed by atoms with Crippen molar-refractivity contribution >= 4 is 21.5 Å². The van der Waals surface area contributed by atoms with Crippen LogP contribution in [0.4, 0.5) is 11.5 Å². The third-order valence-electron chi connectivity index (χ3n) is 4.36. The van der Waals surface area contributed by atoms with Gasteiger partial charge in [-0.25, -0.2) is 13.4 Å². The molecule has 2 aromatic carbocycles. The van der Waals surface area contributed by atoms with E-state index in [0.29, 0.717) is 23.6 Å². The predicted octanol–water partition coefficient (Wildman–Crippen LogP) is 4.42. The summed E-state index contributed by atoms with van der Waals surface area (Å²) in [7, 11) is -3.64. The minimum atomic E-state index is -3.64. The molecule has 140 valence electrons. The molecule has 3 rings (SSSR count). The Kier molecular flexibility index (Phi) is 5.46. The van der Waals surface area contributed by atoms with Crippen LogP contribution in [0.5, 0.6) is 0 Å². The first-order valence-electron chi connectivity index (χ1n) is 8.70. The summed E-state index contributed by atoms with van der Waals surface area (Å²) in [6, 6.07) is 16.9. The number of sulfonamides is 1. The van der Waals surface area contributed by atoms with Gasteiger partial charge in [0.05, 0.1) is 16.8 Å². The van der Waals surface area contributed by atoms with Crippen molar-refractivity contribution < 1.29 is 8.42 Å². The zero-order valence-electron chi connectivity index (χ0n) is 15.7. The van der Waals surface area contributed by atoms with Crippen LogP contribution in [-0.2, 0) is 16.6 Å². The highest BCUT2D eigenvalue weighted by atomic mass is 32.2. The Morgan fingerprint density at radius 2 is 1.70 bits per heavy atom. The molecule has 0 aliphatic carbocycles. The molecule has 0 amide bonds. The first-order chi connectivity index (χ1) is 12.8. The highest BCUT2D eigenvalue weighted by Gasteiger charge is 2.17. The molecule has 0 radical (unpaired) electrons. The Balaban J connectivity index is 1.69. The van der Waals surface area contributed by atoms with Crippen LogP contribution >= 0.6 is 0 Å². The van der Waals surface area contributed by atoms with E-state index in [4.69, 9.17) is 0 Å². The normalized spacial score (nSPS) is 11.2. The van der Waals surface area contributed by atoms with Crippen LogP contribution in [0.1, 0.15) is 22.3 Å². The lowest BCUT2D eigenvalue weighted by Crippen LogP contribution is -2.14. The second-order valence-electron chi connectivity index (χ2n) is 6.59. The number of aryl methyl sites for hydroxylation is 3. The highest BCUT2D eigenvalue weighted by molar-refractivity contribution is 7.92. The van der Waals surface area contributed by atoms with Crippen molar-refractivity contribution in [1.82, 2.24) is 4.98 Å². The average molecular weight is 382 g/mol. The van der Waals surface area contributed by atoms with E-state index < -0.39 is 10.0 Å². The van der Waals surface area contributed by atoms with Gasteiger partial charge in [-0.2, -0.15) is 0 Å². The van der Waals surface area contributed by atoms with Crippen LogP contribution in [-0.4, -0.2) is 13.4 Å². The lowest BCUT2D eigenvalue weighted by molar-refractivity contribution is 0.600. The predicted molar refractivity (Wildman–Crippen MR) is 109 cm³/mol. The Bertz CT molecular complexity index is 1050. The fourth-order valence-electron chi connectivity index (χ4n) is 2.86. The minimum absolute atomic E-state index is 0.273. The van der Waals surface area contributed by atoms with Gasteiger partial charge < -0.3 is 5.32 Å². The van der Waals surface area contributed by atoms with E-state index in [1.165, 1.54) is 17.3 Å². The smallest absolute Gasteiger partial charge is 0.262 e. The summed E-state index contributed by atoms with van der Waals surface area (Å²) in [6.45, 7) is 6.45.